The predicted octanol–water partition coefficient (Wildman–Crippen LogP) is 5.53. The summed E-state index contributed by atoms with van der Waals surface area (Å²) in [5, 5.41) is 12.9. The Bertz CT molecular complexity index is 1260. The summed E-state index contributed by atoms with van der Waals surface area (Å²) in [5.41, 5.74) is 7.78. The highest BCUT2D eigenvalue weighted by molar-refractivity contribution is 5.71. The number of nitrogens with zero attached hydrogens (tertiary/aromatic N) is 5. The molecule has 2 aromatic heterocycles. The quantitative estimate of drug-likeness (QED) is 0.505. The zero-order valence-electron chi connectivity index (χ0n) is 23.1. The largest absolute Gasteiger partial charge is 0.444 e. The third-order valence-electron chi connectivity index (χ3n) is 7.46. The summed E-state index contributed by atoms with van der Waals surface area (Å²) in [6.45, 7) is 16.3. The molecule has 37 heavy (non-hydrogen) atoms. The van der Waals surface area contributed by atoms with Crippen molar-refractivity contribution in [1.82, 2.24) is 24.9 Å². The monoisotopic (exact) mass is 504 g/mol. The Balaban J connectivity index is 1.27. The number of fused-ring (bicyclic) bond motifs is 1. The zero-order valence-corrected chi connectivity index (χ0v) is 23.1. The molecule has 1 aliphatic heterocycles. The molecule has 3 aromatic rings. The second-order valence-corrected chi connectivity index (χ2v) is 12.1. The highest BCUT2D eigenvalue weighted by Gasteiger charge is 2.31. The minimum atomic E-state index is -0.470. The molecule has 0 unspecified atom stereocenters. The van der Waals surface area contributed by atoms with E-state index in [-0.39, 0.29) is 6.09 Å². The van der Waals surface area contributed by atoms with Crippen LogP contribution in [0.2, 0.25) is 0 Å². The number of rotatable bonds is 4. The van der Waals surface area contributed by atoms with E-state index in [1.54, 1.807) is 4.90 Å². The number of carbonyl (C=O) groups excluding carboxylic acids is 1. The van der Waals surface area contributed by atoms with Gasteiger partial charge in [-0.2, -0.15) is 10.2 Å². The number of nitrogens with one attached hydrogen (secondary N) is 1. The number of hydrogen-bond donors (Lipinski definition) is 1. The Hall–Kier alpha value is -3.29. The van der Waals surface area contributed by atoms with Crippen molar-refractivity contribution >= 4 is 11.8 Å². The number of aryl methyl sites for hydroxylation is 1. The lowest BCUT2D eigenvalue weighted by Gasteiger charge is -2.36. The van der Waals surface area contributed by atoms with Crippen LogP contribution in [-0.2, 0) is 24.1 Å². The number of piperazine rings is 1. The Morgan fingerprint density at radius 2 is 1.81 bits per heavy atom. The van der Waals surface area contributed by atoms with Crippen LogP contribution in [-0.4, -0.2) is 62.8 Å². The first-order valence-corrected chi connectivity index (χ1v) is 13.5. The van der Waals surface area contributed by atoms with Gasteiger partial charge in [0.1, 0.15) is 11.3 Å². The molecule has 8 heteroatoms. The molecule has 1 N–H and O–H groups in total. The first-order valence-electron chi connectivity index (χ1n) is 13.5. The number of benzene rings is 1. The molecule has 1 aliphatic carbocycles. The van der Waals surface area contributed by atoms with Crippen LogP contribution < -0.4 is 4.90 Å². The van der Waals surface area contributed by atoms with Gasteiger partial charge in [-0.1, -0.05) is 26.0 Å². The second-order valence-electron chi connectivity index (χ2n) is 12.1. The van der Waals surface area contributed by atoms with Crippen molar-refractivity contribution < 1.29 is 9.53 Å². The van der Waals surface area contributed by atoms with Gasteiger partial charge in [0.05, 0.1) is 11.4 Å². The molecule has 1 aromatic carbocycles. The SMILES string of the molecule is CCn1nc(-c2cc(-c3ccc(N4CCN(C(=O)OC(C)(C)C)CC4)cc3)n[nH]2)c2c1CC(C)(C)CC2. The maximum Gasteiger partial charge on any atom is 0.410 e. The van der Waals surface area contributed by atoms with E-state index in [1.807, 2.05) is 20.8 Å². The molecule has 0 bridgehead atoms. The Labute approximate surface area is 220 Å². The van der Waals surface area contributed by atoms with E-state index in [4.69, 9.17) is 9.84 Å². The number of ether oxygens (including phenoxy) is 1. The van der Waals surface area contributed by atoms with Gasteiger partial charge in [0.15, 0.2) is 0 Å². The van der Waals surface area contributed by atoms with Crippen LogP contribution in [0.3, 0.4) is 0 Å². The maximum absolute atomic E-state index is 12.4. The number of aromatic nitrogens is 4. The Morgan fingerprint density at radius 3 is 2.46 bits per heavy atom. The van der Waals surface area contributed by atoms with Gasteiger partial charge in [0.2, 0.25) is 0 Å². The van der Waals surface area contributed by atoms with E-state index in [1.165, 1.54) is 17.7 Å². The van der Waals surface area contributed by atoms with Crippen LogP contribution in [0.15, 0.2) is 30.3 Å². The van der Waals surface area contributed by atoms with Crippen molar-refractivity contribution in [1.29, 1.82) is 0 Å². The van der Waals surface area contributed by atoms with Crippen molar-refractivity contribution in [2.75, 3.05) is 31.1 Å². The van der Waals surface area contributed by atoms with Gasteiger partial charge >= 0.3 is 6.09 Å². The lowest BCUT2D eigenvalue weighted by Crippen LogP contribution is -2.50. The lowest BCUT2D eigenvalue weighted by atomic mass is 9.76. The standard InChI is InChI=1S/C29H40N6O2/c1-7-35-25-19-29(5,6)13-12-22(25)26(32-35)24-18-23(30-31-24)20-8-10-21(11-9-20)33-14-16-34(17-15-33)27(36)37-28(2,3)4/h8-11,18H,7,12-17,19H2,1-6H3,(H,30,31). The summed E-state index contributed by atoms with van der Waals surface area (Å²) in [6, 6.07) is 10.7. The van der Waals surface area contributed by atoms with Gasteiger partial charge in [0, 0.05) is 55.2 Å². The molecule has 0 saturated carbocycles. The third kappa shape index (κ3) is 5.38. The molecule has 1 saturated heterocycles. The van der Waals surface area contributed by atoms with E-state index in [9.17, 15) is 4.79 Å². The second kappa shape index (κ2) is 9.54. The zero-order chi connectivity index (χ0) is 26.4. The van der Waals surface area contributed by atoms with Crippen LogP contribution in [0, 0.1) is 5.41 Å². The summed E-state index contributed by atoms with van der Waals surface area (Å²) < 4.78 is 7.69. The van der Waals surface area contributed by atoms with E-state index < -0.39 is 5.60 Å². The predicted molar refractivity (Wildman–Crippen MR) is 147 cm³/mol. The van der Waals surface area contributed by atoms with E-state index in [0.717, 1.165) is 60.8 Å². The molecule has 198 valence electrons. The summed E-state index contributed by atoms with van der Waals surface area (Å²) in [4.78, 5) is 16.5. The van der Waals surface area contributed by atoms with Crippen molar-refractivity contribution in [3.05, 3.63) is 41.6 Å². The smallest absolute Gasteiger partial charge is 0.410 e. The number of aromatic amines is 1. The average Bonchev–Trinajstić information content (AvgIpc) is 3.47. The van der Waals surface area contributed by atoms with Crippen molar-refractivity contribution in [3.63, 3.8) is 0 Å². The molecule has 0 spiro atoms. The first kappa shape index (κ1) is 25.4. The van der Waals surface area contributed by atoms with Crippen molar-refractivity contribution in [2.24, 2.45) is 5.41 Å². The van der Waals surface area contributed by atoms with Gasteiger partial charge in [-0.05, 0) is 70.6 Å². The fraction of sp³-hybridized carbons (Fsp3) is 0.552. The van der Waals surface area contributed by atoms with Crippen LogP contribution in [0.5, 0.6) is 0 Å². The maximum atomic E-state index is 12.4. The summed E-state index contributed by atoms with van der Waals surface area (Å²) >= 11 is 0. The van der Waals surface area contributed by atoms with Gasteiger partial charge in [-0.25, -0.2) is 4.79 Å². The lowest BCUT2D eigenvalue weighted by molar-refractivity contribution is 0.0240. The third-order valence-corrected chi connectivity index (χ3v) is 7.46. The molecule has 1 amide bonds. The minimum absolute atomic E-state index is 0.231. The molecule has 0 radical (unpaired) electrons. The fourth-order valence-corrected chi connectivity index (χ4v) is 5.39. The van der Waals surface area contributed by atoms with Crippen LogP contribution in [0.4, 0.5) is 10.5 Å². The summed E-state index contributed by atoms with van der Waals surface area (Å²) in [5.74, 6) is 0. The van der Waals surface area contributed by atoms with Crippen LogP contribution in [0.25, 0.3) is 22.6 Å². The van der Waals surface area contributed by atoms with Gasteiger partial charge in [-0.15, -0.1) is 0 Å². The van der Waals surface area contributed by atoms with Crippen molar-refractivity contribution in [2.45, 2.75) is 73.0 Å². The van der Waals surface area contributed by atoms with E-state index >= 15 is 0 Å². The van der Waals surface area contributed by atoms with Gasteiger partial charge in [-0.3, -0.25) is 9.78 Å². The molecular weight excluding hydrogens is 464 g/mol. The average molecular weight is 505 g/mol. The van der Waals surface area contributed by atoms with Crippen LogP contribution >= 0.6 is 0 Å². The Kier molecular flexibility index (Phi) is 6.54. The molecule has 2 aliphatic rings. The van der Waals surface area contributed by atoms with Gasteiger partial charge < -0.3 is 14.5 Å². The number of amides is 1. The first-order chi connectivity index (χ1) is 17.5. The van der Waals surface area contributed by atoms with Gasteiger partial charge in [0.25, 0.3) is 0 Å². The number of anilines is 1. The highest BCUT2D eigenvalue weighted by Crippen LogP contribution is 2.39. The molecule has 1 fully saturated rings. The molecule has 3 heterocycles. The molecule has 0 atom stereocenters. The molecule has 5 rings (SSSR count). The minimum Gasteiger partial charge on any atom is -0.444 e. The number of hydrogen-bond acceptors (Lipinski definition) is 5. The number of carbonyl (C=O) groups is 1. The summed E-state index contributed by atoms with van der Waals surface area (Å²) in [6.07, 6.45) is 3.07. The topological polar surface area (TPSA) is 79.3 Å². The van der Waals surface area contributed by atoms with E-state index in [2.05, 4.69) is 70.9 Å². The van der Waals surface area contributed by atoms with Crippen molar-refractivity contribution in [3.8, 4) is 22.6 Å². The number of H-pyrrole nitrogens is 1. The summed E-state index contributed by atoms with van der Waals surface area (Å²) in [7, 11) is 0. The Morgan fingerprint density at radius 1 is 1.11 bits per heavy atom. The molecule has 8 nitrogen and oxygen atoms in total. The van der Waals surface area contributed by atoms with Crippen LogP contribution in [0.1, 0.15) is 59.2 Å². The van der Waals surface area contributed by atoms with E-state index in [0.29, 0.717) is 18.5 Å². The fourth-order valence-electron chi connectivity index (χ4n) is 5.39. The molecular formula is C29H40N6O2. The highest BCUT2D eigenvalue weighted by atomic mass is 16.6. The normalized spacial score (nSPS) is 17.6.